The lowest BCUT2D eigenvalue weighted by atomic mass is 10.0. The van der Waals surface area contributed by atoms with Crippen molar-refractivity contribution in [2.24, 2.45) is 0 Å². The van der Waals surface area contributed by atoms with Crippen molar-refractivity contribution >= 4 is 100 Å². The average molecular weight is 874 g/mol. The van der Waals surface area contributed by atoms with E-state index in [1.807, 2.05) is 41.8 Å². The van der Waals surface area contributed by atoms with Crippen LogP contribution in [0.25, 0.3) is 54.1 Å². The molecule has 0 radical (unpaired) electrons. The summed E-state index contributed by atoms with van der Waals surface area (Å²) in [5, 5.41) is 16.8. The lowest BCUT2D eigenvalue weighted by Crippen LogP contribution is -1.90. The molecule has 6 heterocycles. The van der Waals surface area contributed by atoms with Crippen molar-refractivity contribution in [3.05, 3.63) is 124 Å². The third-order valence-corrected chi connectivity index (χ3v) is 12.8. The Morgan fingerprint density at radius 1 is 0.483 bits per heavy atom. The van der Waals surface area contributed by atoms with Gasteiger partial charge >= 0.3 is 0 Å². The molecule has 14 heteroatoms. The van der Waals surface area contributed by atoms with Crippen molar-refractivity contribution in [1.82, 2.24) is 42.4 Å². The van der Waals surface area contributed by atoms with Gasteiger partial charge in [-0.05, 0) is 102 Å². The van der Waals surface area contributed by atoms with E-state index in [-0.39, 0.29) is 0 Å². The van der Waals surface area contributed by atoms with Crippen LogP contribution < -0.4 is 0 Å². The second-order valence-electron chi connectivity index (χ2n) is 15.7. The van der Waals surface area contributed by atoms with E-state index in [2.05, 4.69) is 176 Å². The van der Waals surface area contributed by atoms with Crippen LogP contribution in [0.2, 0.25) is 0 Å². The fourth-order valence-electron chi connectivity index (χ4n) is 6.49. The van der Waals surface area contributed by atoms with Gasteiger partial charge < -0.3 is 0 Å². The Balaban J connectivity index is 0.000000126. The van der Waals surface area contributed by atoms with Crippen LogP contribution in [0.3, 0.4) is 0 Å². The smallest absolute Gasteiger partial charge is 0.138 e. The van der Waals surface area contributed by atoms with Crippen molar-refractivity contribution in [2.75, 3.05) is 0 Å². The number of hydrogen-bond donors (Lipinski definition) is 0. The van der Waals surface area contributed by atoms with Gasteiger partial charge in [0.05, 0.1) is 34.4 Å². The number of pyridine rings is 1. The SMILES string of the molecule is CC(C)c1cccc2nonc12.CC(C)c1cccc2nsnc12.CC(C)c1cccc2snnc12.CC(C)c1cncc2nsnc12.CC(C)c1scc2ccccc12. The van der Waals surface area contributed by atoms with Crippen molar-refractivity contribution < 1.29 is 4.63 Å². The van der Waals surface area contributed by atoms with Crippen molar-refractivity contribution in [1.29, 1.82) is 0 Å². The summed E-state index contributed by atoms with van der Waals surface area (Å²) in [6.45, 7) is 21.7. The minimum atomic E-state index is 0.459. The molecule has 10 nitrogen and oxygen atoms in total. The van der Waals surface area contributed by atoms with Gasteiger partial charge in [-0.15, -0.1) is 16.4 Å². The van der Waals surface area contributed by atoms with Crippen LogP contribution in [0.15, 0.2) is 101 Å². The average Bonchev–Trinajstić information content (AvgIpc) is 4.10. The molecule has 6 aromatic heterocycles. The van der Waals surface area contributed by atoms with E-state index in [9.17, 15) is 0 Å². The van der Waals surface area contributed by atoms with Crippen LogP contribution in [0.1, 0.15) is 126 Å². The summed E-state index contributed by atoms with van der Waals surface area (Å²) in [6, 6.07) is 26.9. The quantitative estimate of drug-likeness (QED) is 0.165. The molecule has 4 aromatic carbocycles. The molecule has 0 aliphatic heterocycles. The summed E-state index contributed by atoms with van der Waals surface area (Å²) in [7, 11) is 0. The van der Waals surface area contributed by atoms with E-state index in [0.717, 1.165) is 38.6 Å². The van der Waals surface area contributed by atoms with Gasteiger partial charge in [0.25, 0.3) is 0 Å². The van der Waals surface area contributed by atoms with Gasteiger partial charge in [-0.25, -0.2) is 4.63 Å². The first kappa shape index (κ1) is 44.4. The van der Waals surface area contributed by atoms with Gasteiger partial charge in [-0.1, -0.05) is 134 Å². The molecule has 0 spiro atoms. The summed E-state index contributed by atoms with van der Waals surface area (Å²) < 4.78 is 26.6. The summed E-state index contributed by atoms with van der Waals surface area (Å²) in [5.41, 5.74) is 11.7. The molecule has 0 N–H and O–H groups in total. The fourth-order valence-corrected chi connectivity index (χ4v) is 9.23. The Morgan fingerprint density at radius 2 is 1.07 bits per heavy atom. The molecule has 10 aromatic rings. The molecule has 0 unspecified atom stereocenters. The normalized spacial score (nSPS) is 11.2. The minimum absolute atomic E-state index is 0.459. The standard InChI is InChI=1S/C11H12S.C9H10N2O.2C9H10N2S.C8H9N3S/c1-8(2)11-10-6-4-3-5-9(10)7-12-11;1-6(2)7-4-3-5-8-9(7)11-12-10-8;1-6(2)7-4-3-5-8-9(7)10-11-12-8;1-6(2)7-4-3-5-8-9(7)11-12-10-8;1-5(2)6-3-9-4-7-8(6)11-12-10-7/h3-8H,1-2H3;3*3-6H,1-2H3;3-5H,1-2H3. The predicted octanol–water partition coefficient (Wildman–Crippen LogP) is 14.2. The number of benzene rings is 4. The molecule has 0 saturated heterocycles. The summed E-state index contributed by atoms with van der Waals surface area (Å²) in [4.78, 5) is 5.62. The molecule has 60 heavy (non-hydrogen) atoms. The lowest BCUT2D eigenvalue weighted by Gasteiger charge is -2.03. The molecule has 0 saturated carbocycles. The topological polar surface area (TPSA) is 129 Å². The van der Waals surface area contributed by atoms with Crippen molar-refractivity contribution in [3.63, 3.8) is 0 Å². The van der Waals surface area contributed by atoms with Crippen LogP contribution in [0.4, 0.5) is 0 Å². The van der Waals surface area contributed by atoms with Crippen LogP contribution in [-0.2, 0) is 0 Å². The number of fused-ring (bicyclic) bond motifs is 5. The lowest BCUT2D eigenvalue weighted by molar-refractivity contribution is 0.315. The molecule has 0 amide bonds. The summed E-state index contributed by atoms with van der Waals surface area (Å²) >= 11 is 5.86. The molecule has 310 valence electrons. The van der Waals surface area contributed by atoms with Crippen molar-refractivity contribution in [2.45, 2.75) is 98.8 Å². The van der Waals surface area contributed by atoms with Crippen LogP contribution >= 0.6 is 46.3 Å². The minimum Gasteiger partial charge on any atom is -0.262 e. The summed E-state index contributed by atoms with van der Waals surface area (Å²) in [6.07, 6.45) is 3.62. The van der Waals surface area contributed by atoms with Crippen molar-refractivity contribution in [3.8, 4) is 0 Å². The number of nitrogens with zero attached hydrogens (tertiary/aromatic N) is 9. The van der Waals surface area contributed by atoms with Gasteiger partial charge in [0.2, 0.25) is 0 Å². The first-order valence-electron chi connectivity index (χ1n) is 20.1. The molecule has 0 bridgehead atoms. The maximum absolute atomic E-state index is 4.66. The van der Waals surface area contributed by atoms with E-state index in [1.54, 1.807) is 6.20 Å². The largest absolute Gasteiger partial charge is 0.262 e. The first-order valence-corrected chi connectivity index (χ1v) is 23.2. The fraction of sp³-hybridized carbons (Fsp3) is 0.326. The highest BCUT2D eigenvalue weighted by atomic mass is 32.1. The Morgan fingerprint density at radius 3 is 1.73 bits per heavy atom. The van der Waals surface area contributed by atoms with E-state index in [1.165, 1.54) is 77.6 Å². The zero-order chi connectivity index (χ0) is 42.8. The van der Waals surface area contributed by atoms with Crippen LogP contribution in [0, 0.1) is 0 Å². The van der Waals surface area contributed by atoms with E-state index in [4.69, 9.17) is 0 Å². The number of hydrogen-bond acceptors (Lipinski definition) is 14. The van der Waals surface area contributed by atoms with Gasteiger partial charge in [0.1, 0.15) is 38.6 Å². The highest BCUT2D eigenvalue weighted by Crippen LogP contribution is 2.31. The molecule has 10 rings (SSSR count). The Labute approximate surface area is 367 Å². The van der Waals surface area contributed by atoms with Gasteiger partial charge in [0.15, 0.2) is 0 Å². The molecule has 0 fully saturated rings. The Hall–Kier alpha value is -5.15. The van der Waals surface area contributed by atoms with Crippen LogP contribution in [-0.4, -0.2) is 42.4 Å². The molecular formula is C46H51N9OS4. The molecule has 0 atom stereocenters. The zero-order valence-corrected chi connectivity index (χ0v) is 39.0. The number of rotatable bonds is 5. The zero-order valence-electron chi connectivity index (χ0n) is 35.7. The Bertz CT molecular complexity index is 2540. The second-order valence-corrected chi connectivity index (χ2v) is 18.5. The first-order chi connectivity index (χ1) is 28.9. The maximum Gasteiger partial charge on any atom is 0.138 e. The third-order valence-electron chi connectivity index (χ3n) is 9.69. The molecule has 0 aliphatic carbocycles. The Kier molecular flexibility index (Phi) is 15.5. The van der Waals surface area contributed by atoms with E-state index >= 15 is 0 Å². The second kappa shape index (κ2) is 20.9. The highest BCUT2D eigenvalue weighted by Gasteiger charge is 2.11. The van der Waals surface area contributed by atoms with Gasteiger partial charge in [-0.2, -0.15) is 17.5 Å². The van der Waals surface area contributed by atoms with Gasteiger partial charge in [0, 0.05) is 16.6 Å². The van der Waals surface area contributed by atoms with Gasteiger partial charge in [-0.3, -0.25) is 4.98 Å². The van der Waals surface area contributed by atoms with Crippen LogP contribution in [0.5, 0.6) is 0 Å². The van der Waals surface area contributed by atoms with E-state index < -0.39 is 0 Å². The predicted molar refractivity (Wildman–Crippen MR) is 254 cm³/mol. The number of thiophene rings is 1. The maximum atomic E-state index is 4.66. The molecular weight excluding hydrogens is 823 g/mol. The number of aromatic nitrogens is 9. The summed E-state index contributed by atoms with van der Waals surface area (Å²) in [5.74, 6) is 2.62. The highest BCUT2D eigenvalue weighted by molar-refractivity contribution is 7.13. The van der Waals surface area contributed by atoms with E-state index in [0.29, 0.717) is 29.6 Å². The molecule has 0 aliphatic rings. The monoisotopic (exact) mass is 873 g/mol. The third kappa shape index (κ3) is 10.8.